The van der Waals surface area contributed by atoms with Crippen LogP contribution in [0.15, 0.2) is 11.0 Å². The zero-order chi connectivity index (χ0) is 16.8. The molecule has 3 rings (SSSR count). The summed E-state index contributed by atoms with van der Waals surface area (Å²) in [6.45, 7) is 8.56. The minimum absolute atomic E-state index is 0.0841. The number of sulfonamides is 1. The number of nitrogens with zero attached hydrogens (tertiary/aromatic N) is 2. The topological polar surface area (TPSA) is 50.3 Å². The Morgan fingerprint density at radius 1 is 1.17 bits per heavy atom. The number of hydrogen-bond acceptors (Lipinski definition) is 5. The first kappa shape index (κ1) is 17.1. The minimum Gasteiger partial charge on any atom is -0.240 e. The number of thiophene rings is 1. The summed E-state index contributed by atoms with van der Waals surface area (Å²) >= 11 is 3.15. The molecule has 1 aliphatic rings. The Kier molecular flexibility index (Phi) is 4.66. The van der Waals surface area contributed by atoms with Gasteiger partial charge in [0.25, 0.3) is 0 Å². The molecule has 3 heterocycles. The van der Waals surface area contributed by atoms with Crippen molar-refractivity contribution in [2.24, 2.45) is 0 Å². The maximum atomic E-state index is 13.1. The highest BCUT2D eigenvalue weighted by Crippen LogP contribution is 2.38. The first-order valence-corrected chi connectivity index (χ1v) is 10.9. The van der Waals surface area contributed by atoms with E-state index in [0.717, 1.165) is 39.7 Å². The van der Waals surface area contributed by atoms with E-state index >= 15 is 0 Å². The fourth-order valence-corrected chi connectivity index (χ4v) is 7.18. The number of rotatable bonds is 3. The van der Waals surface area contributed by atoms with Gasteiger partial charge in [0, 0.05) is 22.3 Å². The largest absolute Gasteiger partial charge is 0.244 e. The van der Waals surface area contributed by atoms with Crippen LogP contribution >= 0.6 is 22.7 Å². The summed E-state index contributed by atoms with van der Waals surface area (Å²) < 4.78 is 27.8. The Labute approximate surface area is 146 Å². The monoisotopic (exact) mass is 370 g/mol. The van der Waals surface area contributed by atoms with Crippen LogP contribution in [-0.2, 0) is 10.0 Å². The summed E-state index contributed by atoms with van der Waals surface area (Å²) in [5.41, 5.74) is 1.02. The van der Waals surface area contributed by atoms with Gasteiger partial charge in [-0.3, -0.25) is 0 Å². The maximum absolute atomic E-state index is 13.1. The van der Waals surface area contributed by atoms with Crippen molar-refractivity contribution in [2.45, 2.75) is 57.9 Å². The van der Waals surface area contributed by atoms with Crippen LogP contribution in [0.3, 0.4) is 0 Å². The van der Waals surface area contributed by atoms with Gasteiger partial charge >= 0.3 is 0 Å². The number of piperidine rings is 1. The molecule has 1 fully saturated rings. The molecule has 0 amide bonds. The van der Waals surface area contributed by atoms with Crippen LogP contribution in [0.25, 0.3) is 9.88 Å². The van der Waals surface area contributed by atoms with Gasteiger partial charge in [0.1, 0.15) is 5.01 Å². The van der Waals surface area contributed by atoms with Gasteiger partial charge in [0.15, 0.2) is 0 Å². The molecule has 2 aromatic rings. The Bertz CT molecular complexity index is 801. The summed E-state index contributed by atoms with van der Waals surface area (Å²) in [6, 6.07) is 1.90. The number of hydrogen-bond donors (Lipinski definition) is 0. The molecule has 126 valence electrons. The average molecular weight is 371 g/mol. The Morgan fingerprint density at radius 2 is 1.91 bits per heavy atom. The highest BCUT2D eigenvalue weighted by atomic mass is 32.2. The third-order valence-electron chi connectivity index (χ3n) is 4.44. The molecule has 0 aliphatic carbocycles. The second-order valence-corrected chi connectivity index (χ2v) is 10.5. The molecule has 0 bridgehead atoms. The fourth-order valence-electron chi connectivity index (χ4n) is 2.96. The van der Waals surface area contributed by atoms with Crippen molar-refractivity contribution < 1.29 is 8.42 Å². The SMILES string of the molecule is Cc1nc(-c2cc(S(=O)(=O)N3CCCCC3C)c(C)s2)sc1C. The summed E-state index contributed by atoms with van der Waals surface area (Å²) in [6.07, 6.45) is 3.00. The van der Waals surface area contributed by atoms with Crippen molar-refractivity contribution in [3.05, 3.63) is 21.5 Å². The van der Waals surface area contributed by atoms with Gasteiger partial charge in [0.05, 0.1) is 15.5 Å². The molecule has 0 radical (unpaired) electrons. The molecule has 0 saturated carbocycles. The molecular weight excluding hydrogens is 348 g/mol. The zero-order valence-corrected chi connectivity index (χ0v) is 16.4. The Balaban J connectivity index is 2.00. The van der Waals surface area contributed by atoms with Crippen LogP contribution in [0.5, 0.6) is 0 Å². The molecule has 2 aromatic heterocycles. The lowest BCUT2D eigenvalue weighted by atomic mass is 10.1. The van der Waals surface area contributed by atoms with Crippen LogP contribution in [-0.4, -0.2) is 30.3 Å². The molecular formula is C16H22N2O2S3. The first-order chi connectivity index (χ1) is 10.8. The minimum atomic E-state index is -3.41. The molecule has 0 N–H and O–H groups in total. The van der Waals surface area contributed by atoms with E-state index in [1.807, 2.05) is 33.8 Å². The van der Waals surface area contributed by atoms with Gasteiger partial charge in [-0.1, -0.05) is 6.42 Å². The zero-order valence-electron chi connectivity index (χ0n) is 13.9. The van der Waals surface area contributed by atoms with Gasteiger partial charge < -0.3 is 0 Å². The van der Waals surface area contributed by atoms with Gasteiger partial charge in [-0.2, -0.15) is 4.31 Å². The average Bonchev–Trinajstić information content (AvgIpc) is 3.03. The lowest BCUT2D eigenvalue weighted by molar-refractivity contribution is 0.268. The van der Waals surface area contributed by atoms with Gasteiger partial charge in [-0.15, -0.1) is 22.7 Å². The predicted molar refractivity (Wildman–Crippen MR) is 96.8 cm³/mol. The summed E-state index contributed by atoms with van der Waals surface area (Å²) in [5.74, 6) is 0. The van der Waals surface area contributed by atoms with Gasteiger partial charge in [-0.25, -0.2) is 13.4 Å². The normalized spacial score (nSPS) is 20.1. The van der Waals surface area contributed by atoms with E-state index in [9.17, 15) is 8.42 Å². The second-order valence-electron chi connectivity index (χ2n) is 6.15. The lowest BCUT2D eigenvalue weighted by Gasteiger charge is -2.32. The number of aromatic nitrogens is 1. The van der Waals surface area contributed by atoms with Crippen LogP contribution in [0.1, 0.15) is 41.6 Å². The van der Waals surface area contributed by atoms with Gasteiger partial charge in [-0.05, 0) is 46.6 Å². The van der Waals surface area contributed by atoms with E-state index in [2.05, 4.69) is 4.98 Å². The molecule has 7 heteroatoms. The van der Waals surface area contributed by atoms with Crippen molar-refractivity contribution in [3.63, 3.8) is 0 Å². The van der Waals surface area contributed by atoms with Crippen molar-refractivity contribution in [1.82, 2.24) is 9.29 Å². The van der Waals surface area contributed by atoms with Gasteiger partial charge in [0.2, 0.25) is 10.0 Å². The second kappa shape index (κ2) is 6.27. The number of aryl methyl sites for hydroxylation is 3. The van der Waals surface area contributed by atoms with E-state index in [4.69, 9.17) is 0 Å². The van der Waals surface area contributed by atoms with Crippen LogP contribution < -0.4 is 0 Å². The van der Waals surface area contributed by atoms with Crippen LogP contribution in [0.2, 0.25) is 0 Å². The Morgan fingerprint density at radius 3 is 2.52 bits per heavy atom. The van der Waals surface area contributed by atoms with Crippen molar-refractivity contribution in [3.8, 4) is 9.88 Å². The first-order valence-electron chi connectivity index (χ1n) is 7.87. The highest BCUT2D eigenvalue weighted by molar-refractivity contribution is 7.89. The summed E-state index contributed by atoms with van der Waals surface area (Å²) in [5, 5.41) is 0.918. The third kappa shape index (κ3) is 3.12. The summed E-state index contributed by atoms with van der Waals surface area (Å²) in [7, 11) is -3.41. The van der Waals surface area contributed by atoms with E-state index in [1.54, 1.807) is 15.6 Å². The Hall–Kier alpha value is -0.760. The van der Waals surface area contributed by atoms with E-state index in [1.165, 1.54) is 16.2 Å². The predicted octanol–water partition coefficient (Wildman–Crippen LogP) is 4.36. The van der Waals surface area contributed by atoms with Crippen LogP contribution in [0, 0.1) is 20.8 Å². The van der Waals surface area contributed by atoms with E-state index < -0.39 is 10.0 Å². The molecule has 1 atom stereocenters. The molecule has 4 nitrogen and oxygen atoms in total. The van der Waals surface area contributed by atoms with Crippen LogP contribution in [0.4, 0.5) is 0 Å². The molecule has 0 spiro atoms. The van der Waals surface area contributed by atoms with Crippen molar-refractivity contribution in [1.29, 1.82) is 0 Å². The van der Waals surface area contributed by atoms with Crippen molar-refractivity contribution >= 4 is 32.7 Å². The standard InChI is InChI=1S/C16H22N2O2S3/c1-10-7-5-6-8-18(10)23(19,20)15-9-14(21-13(15)4)16-17-11(2)12(3)22-16/h9-10H,5-8H2,1-4H3. The fraction of sp³-hybridized carbons (Fsp3) is 0.562. The smallest absolute Gasteiger partial charge is 0.240 e. The molecule has 1 aliphatic heterocycles. The van der Waals surface area contributed by atoms with Crippen molar-refractivity contribution in [2.75, 3.05) is 6.54 Å². The molecule has 1 unspecified atom stereocenters. The maximum Gasteiger partial charge on any atom is 0.244 e. The van der Waals surface area contributed by atoms with E-state index in [0.29, 0.717) is 11.4 Å². The highest BCUT2D eigenvalue weighted by Gasteiger charge is 2.33. The molecule has 1 saturated heterocycles. The third-order valence-corrected chi connectivity index (χ3v) is 9.00. The lowest BCUT2D eigenvalue weighted by Crippen LogP contribution is -2.41. The number of thiazole rings is 1. The molecule has 0 aromatic carbocycles. The quantitative estimate of drug-likeness (QED) is 0.806. The van der Waals surface area contributed by atoms with E-state index in [-0.39, 0.29) is 6.04 Å². The summed E-state index contributed by atoms with van der Waals surface area (Å²) in [4.78, 5) is 8.00. The molecule has 23 heavy (non-hydrogen) atoms.